The summed E-state index contributed by atoms with van der Waals surface area (Å²) in [6.07, 6.45) is 6.07. The van der Waals surface area contributed by atoms with Crippen LogP contribution in [0.5, 0.6) is 0 Å². The van der Waals surface area contributed by atoms with Crippen LogP contribution in [-0.4, -0.2) is 23.8 Å². The molecule has 2 saturated carbocycles. The lowest BCUT2D eigenvalue weighted by atomic mass is 10.1. The molecule has 1 aromatic rings. The summed E-state index contributed by atoms with van der Waals surface area (Å²) in [4.78, 5) is 0. The van der Waals surface area contributed by atoms with E-state index in [0.29, 0.717) is 6.04 Å². The lowest BCUT2D eigenvalue weighted by Gasteiger charge is -2.20. The van der Waals surface area contributed by atoms with Crippen molar-refractivity contribution in [1.29, 1.82) is 0 Å². The number of hydrogen-bond donors (Lipinski definition) is 2. The van der Waals surface area contributed by atoms with Crippen LogP contribution in [-0.2, 0) is 6.42 Å². The Hall–Kier alpha value is -0.860. The van der Waals surface area contributed by atoms with Crippen LogP contribution in [0.2, 0.25) is 0 Å². The number of nitrogens with one attached hydrogen (secondary N) is 1. The van der Waals surface area contributed by atoms with Gasteiger partial charge in [-0.25, -0.2) is 0 Å². The maximum absolute atomic E-state index is 10.1. The molecule has 0 amide bonds. The highest BCUT2D eigenvalue weighted by molar-refractivity contribution is 5.15. The lowest BCUT2D eigenvalue weighted by molar-refractivity contribution is 0.163. The van der Waals surface area contributed by atoms with Crippen LogP contribution in [0, 0.1) is 11.8 Å². The van der Waals surface area contributed by atoms with Crippen molar-refractivity contribution in [3.05, 3.63) is 35.9 Å². The highest BCUT2D eigenvalue weighted by atomic mass is 16.3. The molecule has 0 spiro atoms. The summed E-state index contributed by atoms with van der Waals surface area (Å²) in [5.41, 5.74) is 1.22. The first-order valence-corrected chi connectivity index (χ1v) is 7.28. The number of rotatable bonds is 7. The average Bonchev–Trinajstić information content (AvgIpc) is 3.25. The van der Waals surface area contributed by atoms with Crippen molar-refractivity contribution in [3.8, 4) is 0 Å². The molecule has 0 saturated heterocycles. The molecule has 18 heavy (non-hydrogen) atoms. The molecule has 2 aliphatic rings. The van der Waals surface area contributed by atoms with Gasteiger partial charge in [0.2, 0.25) is 0 Å². The van der Waals surface area contributed by atoms with Gasteiger partial charge < -0.3 is 10.4 Å². The van der Waals surface area contributed by atoms with Gasteiger partial charge in [0.15, 0.2) is 0 Å². The monoisotopic (exact) mass is 245 g/mol. The van der Waals surface area contributed by atoms with E-state index < -0.39 is 0 Å². The van der Waals surface area contributed by atoms with Gasteiger partial charge >= 0.3 is 0 Å². The van der Waals surface area contributed by atoms with Gasteiger partial charge in [0.05, 0.1) is 6.10 Å². The van der Waals surface area contributed by atoms with E-state index >= 15 is 0 Å². The van der Waals surface area contributed by atoms with Crippen molar-refractivity contribution in [2.75, 3.05) is 6.54 Å². The summed E-state index contributed by atoms with van der Waals surface area (Å²) in [6, 6.07) is 10.9. The first-order chi connectivity index (χ1) is 8.83. The Bertz CT molecular complexity index is 358. The molecular formula is C16H23NO. The van der Waals surface area contributed by atoms with E-state index in [-0.39, 0.29) is 6.10 Å². The zero-order valence-electron chi connectivity index (χ0n) is 10.9. The molecule has 2 N–H and O–H groups in total. The van der Waals surface area contributed by atoms with Crippen LogP contribution in [0.25, 0.3) is 0 Å². The van der Waals surface area contributed by atoms with Crippen molar-refractivity contribution in [1.82, 2.24) is 5.32 Å². The second-order valence-electron chi connectivity index (χ2n) is 5.95. The quantitative estimate of drug-likeness (QED) is 0.773. The summed E-state index contributed by atoms with van der Waals surface area (Å²) >= 11 is 0. The Labute approximate surface area is 109 Å². The molecule has 0 aromatic heterocycles. The highest BCUT2D eigenvalue weighted by Gasteiger charge is 2.41. The van der Waals surface area contributed by atoms with Crippen molar-refractivity contribution >= 4 is 0 Å². The largest absolute Gasteiger partial charge is 0.391 e. The predicted octanol–water partition coefficient (Wildman–Crippen LogP) is 2.37. The van der Waals surface area contributed by atoms with E-state index in [0.717, 1.165) is 24.8 Å². The van der Waals surface area contributed by atoms with E-state index in [4.69, 9.17) is 0 Å². The van der Waals surface area contributed by atoms with E-state index in [9.17, 15) is 5.11 Å². The molecule has 2 nitrogen and oxygen atoms in total. The van der Waals surface area contributed by atoms with Crippen LogP contribution in [0.15, 0.2) is 30.3 Å². The minimum absolute atomic E-state index is 0.257. The SMILES string of the molecule is OC(CNC(C1CC1)C1CC1)Cc1ccccc1. The number of aliphatic hydroxyl groups excluding tert-OH is 1. The molecule has 0 radical (unpaired) electrons. The van der Waals surface area contributed by atoms with Gasteiger partial charge in [-0.2, -0.15) is 0 Å². The topological polar surface area (TPSA) is 32.3 Å². The molecule has 3 rings (SSSR count). The van der Waals surface area contributed by atoms with Crippen molar-refractivity contribution < 1.29 is 5.11 Å². The first kappa shape index (κ1) is 12.2. The van der Waals surface area contributed by atoms with E-state index in [2.05, 4.69) is 17.4 Å². The summed E-state index contributed by atoms with van der Waals surface area (Å²) in [5, 5.41) is 13.7. The van der Waals surface area contributed by atoms with Crippen molar-refractivity contribution in [2.45, 2.75) is 44.2 Å². The third kappa shape index (κ3) is 3.33. The molecule has 2 heteroatoms. The summed E-state index contributed by atoms with van der Waals surface area (Å²) < 4.78 is 0. The maximum atomic E-state index is 10.1. The van der Waals surface area contributed by atoms with Crippen LogP contribution < -0.4 is 5.32 Å². The summed E-state index contributed by atoms with van der Waals surface area (Å²) in [5.74, 6) is 1.81. The normalized spacial score (nSPS) is 21.2. The van der Waals surface area contributed by atoms with Crippen molar-refractivity contribution in [2.24, 2.45) is 11.8 Å². The molecule has 0 heterocycles. The third-order valence-electron chi connectivity index (χ3n) is 4.16. The van der Waals surface area contributed by atoms with E-state index in [1.165, 1.54) is 31.2 Å². The number of aliphatic hydroxyl groups is 1. The lowest BCUT2D eigenvalue weighted by Crippen LogP contribution is -2.39. The number of benzene rings is 1. The van der Waals surface area contributed by atoms with Crippen LogP contribution >= 0.6 is 0 Å². The zero-order valence-corrected chi connectivity index (χ0v) is 10.9. The first-order valence-electron chi connectivity index (χ1n) is 7.28. The molecule has 98 valence electrons. The standard InChI is InChI=1S/C16H23NO/c18-15(10-12-4-2-1-3-5-12)11-17-16(13-6-7-13)14-8-9-14/h1-5,13-18H,6-11H2. The molecule has 0 bridgehead atoms. The van der Waals surface area contributed by atoms with Crippen molar-refractivity contribution in [3.63, 3.8) is 0 Å². The third-order valence-corrected chi connectivity index (χ3v) is 4.16. The minimum atomic E-state index is -0.257. The van der Waals surface area contributed by atoms with Gasteiger partial charge in [-0.15, -0.1) is 0 Å². The average molecular weight is 245 g/mol. The van der Waals surface area contributed by atoms with Crippen LogP contribution in [0.3, 0.4) is 0 Å². The zero-order chi connectivity index (χ0) is 12.4. The Morgan fingerprint density at radius 3 is 2.22 bits per heavy atom. The fourth-order valence-electron chi connectivity index (χ4n) is 2.86. The molecule has 1 atom stereocenters. The summed E-state index contributed by atoms with van der Waals surface area (Å²) in [6.45, 7) is 0.743. The smallest absolute Gasteiger partial charge is 0.0704 e. The molecule has 2 aliphatic carbocycles. The molecule has 1 aromatic carbocycles. The molecule has 0 aliphatic heterocycles. The Morgan fingerprint density at radius 1 is 1.06 bits per heavy atom. The minimum Gasteiger partial charge on any atom is -0.391 e. The Kier molecular flexibility index (Phi) is 3.67. The Morgan fingerprint density at radius 2 is 1.67 bits per heavy atom. The van der Waals surface area contributed by atoms with Gasteiger partial charge in [0.25, 0.3) is 0 Å². The second kappa shape index (κ2) is 5.41. The van der Waals surface area contributed by atoms with E-state index in [1.807, 2.05) is 18.2 Å². The van der Waals surface area contributed by atoms with E-state index in [1.54, 1.807) is 0 Å². The highest BCUT2D eigenvalue weighted by Crippen LogP contribution is 2.44. The maximum Gasteiger partial charge on any atom is 0.0704 e. The number of hydrogen-bond acceptors (Lipinski definition) is 2. The second-order valence-corrected chi connectivity index (χ2v) is 5.95. The molecular weight excluding hydrogens is 222 g/mol. The fourth-order valence-corrected chi connectivity index (χ4v) is 2.86. The predicted molar refractivity (Wildman–Crippen MR) is 73.4 cm³/mol. The van der Waals surface area contributed by atoms with Gasteiger partial charge in [-0.3, -0.25) is 0 Å². The van der Waals surface area contributed by atoms with Gasteiger partial charge in [0, 0.05) is 12.6 Å². The Balaban J connectivity index is 1.44. The van der Waals surface area contributed by atoms with Gasteiger partial charge in [0.1, 0.15) is 0 Å². The summed E-state index contributed by atoms with van der Waals surface area (Å²) in [7, 11) is 0. The van der Waals surface area contributed by atoms with Gasteiger partial charge in [-0.1, -0.05) is 30.3 Å². The fraction of sp³-hybridized carbons (Fsp3) is 0.625. The van der Waals surface area contributed by atoms with Crippen LogP contribution in [0.4, 0.5) is 0 Å². The van der Waals surface area contributed by atoms with Crippen LogP contribution in [0.1, 0.15) is 31.2 Å². The van der Waals surface area contributed by atoms with Gasteiger partial charge in [-0.05, 0) is 49.5 Å². The molecule has 1 unspecified atom stereocenters. The molecule has 2 fully saturated rings.